The van der Waals surface area contributed by atoms with E-state index in [1.807, 2.05) is 27.7 Å². The van der Waals surface area contributed by atoms with Crippen molar-refractivity contribution in [2.75, 3.05) is 38.1 Å². The lowest BCUT2D eigenvalue weighted by Crippen LogP contribution is -2.48. The molecule has 268 valence electrons. The zero-order valence-electron chi connectivity index (χ0n) is 29.1. The van der Waals surface area contributed by atoms with Gasteiger partial charge in [-0.05, 0) is 89.4 Å². The molecular formula is C36H49N3O8S2. The first-order chi connectivity index (χ1) is 23.1. The summed E-state index contributed by atoms with van der Waals surface area (Å²) in [7, 11) is -6.25. The summed E-state index contributed by atoms with van der Waals surface area (Å²) in [5, 5.41) is 10.2. The second kappa shape index (κ2) is 16.5. The Kier molecular flexibility index (Phi) is 12.9. The van der Waals surface area contributed by atoms with Crippen LogP contribution in [0.5, 0.6) is 5.75 Å². The number of carbonyl (C=O) groups excluding carboxylic acids is 1. The first-order valence-corrected chi connectivity index (χ1v) is 19.5. The van der Waals surface area contributed by atoms with Crippen molar-refractivity contribution >= 4 is 31.6 Å². The maximum absolute atomic E-state index is 14.4. The average molecular weight is 716 g/mol. The maximum atomic E-state index is 14.4. The maximum Gasteiger partial charge on any atom is 0.261 e. The van der Waals surface area contributed by atoms with E-state index in [4.69, 9.17) is 9.47 Å². The van der Waals surface area contributed by atoms with E-state index < -0.39 is 38.1 Å². The van der Waals surface area contributed by atoms with Gasteiger partial charge in [0.25, 0.3) is 15.9 Å². The number of benzene rings is 3. The molecule has 2 N–H and O–H groups in total. The van der Waals surface area contributed by atoms with Gasteiger partial charge in [-0.15, -0.1) is 0 Å². The Morgan fingerprint density at radius 2 is 1.55 bits per heavy atom. The third kappa shape index (κ3) is 9.82. The molecule has 1 amide bonds. The molecule has 4 atom stereocenters. The fraction of sp³-hybridized carbons (Fsp3) is 0.472. The molecule has 1 heterocycles. The van der Waals surface area contributed by atoms with E-state index in [1.165, 1.54) is 34.5 Å². The lowest BCUT2D eigenvalue weighted by molar-refractivity contribution is -0.00833. The molecule has 0 radical (unpaired) electrons. The minimum atomic E-state index is -3.96. The highest BCUT2D eigenvalue weighted by atomic mass is 32.2. The summed E-state index contributed by atoms with van der Waals surface area (Å²) >= 11 is 0. The first-order valence-electron chi connectivity index (χ1n) is 16.6. The Hall–Kier alpha value is -3.49. The van der Waals surface area contributed by atoms with Crippen LogP contribution in [-0.4, -0.2) is 88.7 Å². The zero-order chi connectivity index (χ0) is 35.9. The fourth-order valence-electron chi connectivity index (χ4n) is 5.62. The van der Waals surface area contributed by atoms with E-state index >= 15 is 0 Å². The van der Waals surface area contributed by atoms with Crippen molar-refractivity contribution in [1.82, 2.24) is 9.21 Å². The molecule has 3 aromatic rings. The third-order valence-corrected chi connectivity index (χ3v) is 12.0. The van der Waals surface area contributed by atoms with Crippen molar-refractivity contribution in [1.29, 1.82) is 0 Å². The number of rotatable bonds is 9. The van der Waals surface area contributed by atoms with Gasteiger partial charge < -0.3 is 19.5 Å². The van der Waals surface area contributed by atoms with E-state index in [1.54, 1.807) is 55.5 Å². The molecule has 0 aliphatic carbocycles. The number of amides is 1. The van der Waals surface area contributed by atoms with Gasteiger partial charge in [-0.2, -0.15) is 4.31 Å². The second-order valence-corrected chi connectivity index (χ2v) is 16.8. The normalized spacial score (nSPS) is 20.6. The van der Waals surface area contributed by atoms with Crippen molar-refractivity contribution in [3.05, 3.63) is 83.4 Å². The van der Waals surface area contributed by atoms with Gasteiger partial charge in [0, 0.05) is 38.3 Å². The summed E-state index contributed by atoms with van der Waals surface area (Å²) in [5.41, 5.74) is 2.18. The van der Waals surface area contributed by atoms with Crippen LogP contribution in [0, 0.1) is 19.8 Å². The number of nitrogens with one attached hydrogen (secondary N) is 1. The highest BCUT2D eigenvalue weighted by Crippen LogP contribution is 2.30. The number of sulfonamides is 2. The minimum absolute atomic E-state index is 0.0496. The van der Waals surface area contributed by atoms with Gasteiger partial charge in [-0.3, -0.25) is 9.52 Å². The van der Waals surface area contributed by atoms with Crippen LogP contribution in [-0.2, 0) is 24.8 Å². The molecule has 0 bridgehead atoms. The van der Waals surface area contributed by atoms with Crippen LogP contribution in [0.25, 0.3) is 0 Å². The number of aliphatic hydroxyl groups is 1. The zero-order valence-corrected chi connectivity index (χ0v) is 30.8. The molecule has 1 aliphatic heterocycles. The number of aliphatic hydroxyl groups excluding tert-OH is 1. The molecule has 49 heavy (non-hydrogen) atoms. The number of anilines is 1. The van der Waals surface area contributed by atoms with Crippen LogP contribution in [0.15, 0.2) is 76.5 Å². The summed E-state index contributed by atoms with van der Waals surface area (Å²) in [6.07, 6.45) is 1.31. The molecule has 11 nitrogen and oxygen atoms in total. The van der Waals surface area contributed by atoms with Gasteiger partial charge in [0.15, 0.2) is 0 Å². The molecule has 13 heteroatoms. The van der Waals surface area contributed by atoms with Crippen LogP contribution in [0.1, 0.15) is 61.5 Å². The van der Waals surface area contributed by atoms with Crippen LogP contribution < -0.4 is 9.46 Å². The molecular weight excluding hydrogens is 667 g/mol. The summed E-state index contributed by atoms with van der Waals surface area (Å²) in [5.74, 6) is -0.529. The van der Waals surface area contributed by atoms with E-state index in [9.17, 15) is 26.7 Å². The standard InChI is InChI=1S/C36H49N3O8S2/c1-25-10-15-31(16-11-25)48(42,43)37-30-14-19-34-33(21-30)36(41)39(28(4)24-40)22-27(3)35(46-20-8-7-9-29(5)47-34)23-38(6)49(44,45)32-17-12-26(2)13-18-32/h10-19,21,27-29,35,37,40H,7-9,20,22-24H2,1-6H3/t27-,28+,29+,35-/m0/s1. The molecule has 3 aromatic carbocycles. The Morgan fingerprint density at radius 3 is 2.16 bits per heavy atom. The van der Waals surface area contributed by atoms with Crippen molar-refractivity contribution in [2.45, 2.75) is 81.9 Å². The fourth-order valence-corrected chi connectivity index (χ4v) is 7.85. The van der Waals surface area contributed by atoms with Gasteiger partial charge in [0.2, 0.25) is 10.0 Å². The van der Waals surface area contributed by atoms with Gasteiger partial charge in [0.1, 0.15) is 5.75 Å². The minimum Gasteiger partial charge on any atom is -0.490 e. The van der Waals surface area contributed by atoms with Crippen molar-refractivity contribution in [2.24, 2.45) is 5.92 Å². The lowest BCUT2D eigenvalue weighted by atomic mass is 10.0. The summed E-state index contributed by atoms with van der Waals surface area (Å²) in [4.78, 5) is 16.2. The van der Waals surface area contributed by atoms with E-state index in [2.05, 4.69) is 4.72 Å². The molecule has 0 spiro atoms. The summed E-state index contributed by atoms with van der Waals surface area (Å²) in [6, 6.07) is 17.1. The van der Waals surface area contributed by atoms with E-state index in [-0.39, 0.29) is 52.8 Å². The third-order valence-electron chi connectivity index (χ3n) is 8.80. The highest BCUT2D eigenvalue weighted by molar-refractivity contribution is 7.92. The van der Waals surface area contributed by atoms with Crippen molar-refractivity contribution < 1.29 is 36.2 Å². The van der Waals surface area contributed by atoms with Crippen LogP contribution >= 0.6 is 0 Å². The highest BCUT2D eigenvalue weighted by Gasteiger charge is 2.32. The number of likely N-dealkylation sites (N-methyl/N-ethyl adjacent to an activating group) is 1. The number of hydrogen-bond acceptors (Lipinski definition) is 8. The molecule has 4 rings (SSSR count). The molecule has 0 unspecified atom stereocenters. The molecule has 0 saturated heterocycles. The van der Waals surface area contributed by atoms with Crippen LogP contribution in [0.2, 0.25) is 0 Å². The van der Waals surface area contributed by atoms with E-state index in [0.29, 0.717) is 25.2 Å². The number of ether oxygens (including phenoxy) is 2. The van der Waals surface area contributed by atoms with Gasteiger partial charge in [0.05, 0.1) is 40.2 Å². The topological polar surface area (TPSA) is 143 Å². The molecule has 0 fully saturated rings. The quantitative estimate of drug-likeness (QED) is 0.307. The number of nitrogens with zero attached hydrogens (tertiary/aromatic N) is 2. The summed E-state index contributed by atoms with van der Waals surface area (Å²) < 4.78 is 69.8. The number of hydrogen-bond donors (Lipinski definition) is 2. The summed E-state index contributed by atoms with van der Waals surface area (Å²) in [6.45, 7) is 9.49. The SMILES string of the molecule is Cc1ccc(S(=O)(=O)Nc2ccc3c(c2)C(=O)N([C@H](C)CO)C[C@H](C)[C@H](CN(C)S(=O)(=O)c2ccc(C)cc2)OCCCC[C@@H](C)O3)cc1. The number of aryl methyl sites for hydroxylation is 2. The largest absolute Gasteiger partial charge is 0.490 e. The molecule has 0 aromatic heterocycles. The smallest absolute Gasteiger partial charge is 0.261 e. The predicted octanol–water partition coefficient (Wildman–Crippen LogP) is 5.22. The van der Waals surface area contributed by atoms with Crippen LogP contribution in [0.3, 0.4) is 0 Å². The monoisotopic (exact) mass is 715 g/mol. The van der Waals surface area contributed by atoms with Crippen molar-refractivity contribution in [3.8, 4) is 5.75 Å². The first kappa shape index (κ1) is 38.3. The van der Waals surface area contributed by atoms with Crippen molar-refractivity contribution in [3.63, 3.8) is 0 Å². The average Bonchev–Trinajstić information content (AvgIpc) is 3.06. The van der Waals surface area contributed by atoms with Crippen LogP contribution in [0.4, 0.5) is 5.69 Å². The Morgan fingerprint density at radius 1 is 0.939 bits per heavy atom. The number of fused-ring (bicyclic) bond motifs is 1. The molecule has 0 saturated carbocycles. The lowest BCUT2D eigenvalue weighted by Gasteiger charge is -2.35. The Bertz CT molecular complexity index is 1780. The number of carbonyl (C=O) groups is 1. The van der Waals surface area contributed by atoms with E-state index in [0.717, 1.165) is 17.5 Å². The Balaban J connectivity index is 1.67. The van der Waals surface area contributed by atoms with Gasteiger partial charge in [-0.25, -0.2) is 16.8 Å². The van der Waals surface area contributed by atoms with Gasteiger partial charge >= 0.3 is 0 Å². The second-order valence-electron chi connectivity index (χ2n) is 13.0. The molecule has 1 aliphatic rings. The van der Waals surface area contributed by atoms with Gasteiger partial charge in [-0.1, -0.05) is 42.3 Å². The Labute approximate surface area is 291 Å². The predicted molar refractivity (Wildman–Crippen MR) is 190 cm³/mol.